The highest BCUT2D eigenvalue weighted by molar-refractivity contribution is 7.90. The third-order valence-corrected chi connectivity index (χ3v) is 5.87. The lowest BCUT2D eigenvalue weighted by molar-refractivity contribution is 0.169. The predicted octanol–water partition coefficient (Wildman–Crippen LogP) is 1.84. The first-order chi connectivity index (χ1) is 13.4. The minimum absolute atomic E-state index is 0.213. The molecule has 9 heteroatoms. The molecule has 4 rings (SSSR count). The number of likely N-dealkylation sites (tertiary alicyclic amines) is 1. The van der Waals surface area contributed by atoms with Gasteiger partial charge in [-0.05, 0) is 36.2 Å². The molecule has 0 radical (unpaired) electrons. The van der Waals surface area contributed by atoms with Crippen molar-refractivity contribution in [2.75, 3.05) is 12.8 Å². The normalized spacial score (nSPS) is 20.5. The Morgan fingerprint density at radius 2 is 2.00 bits per heavy atom. The molecule has 0 aliphatic carbocycles. The van der Waals surface area contributed by atoms with E-state index in [4.69, 9.17) is 4.52 Å². The topological polar surface area (TPSA) is 109 Å². The highest BCUT2D eigenvalue weighted by Crippen LogP contribution is 2.33. The van der Waals surface area contributed by atoms with Crippen LogP contribution in [0.2, 0.25) is 0 Å². The Morgan fingerprint density at radius 1 is 1.21 bits per heavy atom. The molecule has 3 heterocycles. The second-order valence-electron chi connectivity index (χ2n) is 6.92. The molecule has 1 aliphatic rings. The molecule has 1 aromatic carbocycles. The molecule has 0 amide bonds. The van der Waals surface area contributed by atoms with Gasteiger partial charge in [-0.3, -0.25) is 9.88 Å². The first-order valence-corrected chi connectivity index (χ1v) is 10.8. The summed E-state index contributed by atoms with van der Waals surface area (Å²) < 4.78 is 28.7. The minimum atomic E-state index is -3.23. The highest BCUT2D eigenvalue weighted by Gasteiger charge is 2.36. The number of nitrogens with zero attached hydrogens (tertiary/aromatic N) is 4. The average molecular weight is 400 g/mol. The van der Waals surface area contributed by atoms with E-state index in [1.165, 1.54) is 6.26 Å². The zero-order valence-electron chi connectivity index (χ0n) is 15.3. The van der Waals surface area contributed by atoms with Crippen LogP contribution >= 0.6 is 0 Å². The van der Waals surface area contributed by atoms with E-state index < -0.39 is 15.9 Å². The van der Waals surface area contributed by atoms with Gasteiger partial charge in [-0.15, -0.1) is 0 Å². The average Bonchev–Trinajstić information content (AvgIpc) is 3.29. The lowest BCUT2D eigenvalue weighted by atomic mass is 10.1. The number of rotatable bonds is 5. The second kappa shape index (κ2) is 7.42. The van der Waals surface area contributed by atoms with Crippen LogP contribution in [0.15, 0.2) is 58.1 Å². The maximum atomic E-state index is 11.6. The van der Waals surface area contributed by atoms with Crippen LogP contribution in [0.25, 0.3) is 11.5 Å². The van der Waals surface area contributed by atoms with Gasteiger partial charge in [0.15, 0.2) is 9.84 Å². The van der Waals surface area contributed by atoms with Crippen LogP contribution in [0.5, 0.6) is 0 Å². The minimum Gasteiger partial charge on any atom is -0.392 e. The summed E-state index contributed by atoms with van der Waals surface area (Å²) in [6, 6.07) is 12.0. The Bertz CT molecular complexity index is 1050. The van der Waals surface area contributed by atoms with E-state index in [1.54, 1.807) is 36.5 Å². The number of benzene rings is 1. The Balaban J connectivity index is 1.54. The number of sulfone groups is 1. The largest absolute Gasteiger partial charge is 0.392 e. The molecule has 1 saturated heterocycles. The molecule has 1 aliphatic heterocycles. The number of hydrogen-bond acceptors (Lipinski definition) is 8. The molecule has 146 valence electrons. The number of aliphatic hydroxyl groups excluding tert-OH is 1. The Labute approximate surface area is 162 Å². The maximum absolute atomic E-state index is 11.6. The number of aromatic nitrogens is 3. The van der Waals surface area contributed by atoms with E-state index >= 15 is 0 Å². The van der Waals surface area contributed by atoms with Gasteiger partial charge >= 0.3 is 0 Å². The molecule has 2 aromatic heterocycles. The molecule has 28 heavy (non-hydrogen) atoms. The summed E-state index contributed by atoms with van der Waals surface area (Å²) in [5.41, 5.74) is 1.56. The molecule has 3 aromatic rings. The lowest BCUT2D eigenvalue weighted by Gasteiger charge is -2.21. The standard InChI is InChI=1S/C19H20N4O4S/c1-28(25,26)15-7-5-13(6-8-15)11-23-12-14(24)10-17(23)19-21-18(22-27-19)16-4-2-3-9-20-16/h2-9,14,17,24H,10-12H2,1H3. The monoisotopic (exact) mass is 400 g/mol. The third-order valence-electron chi connectivity index (χ3n) is 4.74. The fraction of sp³-hybridized carbons (Fsp3) is 0.316. The molecule has 0 saturated carbocycles. The van der Waals surface area contributed by atoms with Crippen molar-refractivity contribution in [3.05, 3.63) is 60.1 Å². The van der Waals surface area contributed by atoms with Crippen molar-refractivity contribution in [1.29, 1.82) is 0 Å². The fourth-order valence-corrected chi connectivity index (χ4v) is 3.99. The van der Waals surface area contributed by atoms with Gasteiger partial charge in [-0.2, -0.15) is 4.98 Å². The van der Waals surface area contributed by atoms with Crippen molar-refractivity contribution < 1.29 is 18.0 Å². The van der Waals surface area contributed by atoms with E-state index in [-0.39, 0.29) is 10.9 Å². The predicted molar refractivity (Wildman–Crippen MR) is 101 cm³/mol. The molecule has 2 unspecified atom stereocenters. The zero-order valence-corrected chi connectivity index (χ0v) is 16.1. The fourth-order valence-electron chi connectivity index (χ4n) is 3.36. The molecule has 0 spiro atoms. The van der Waals surface area contributed by atoms with Gasteiger partial charge in [0.25, 0.3) is 0 Å². The van der Waals surface area contributed by atoms with Crippen LogP contribution in [0.4, 0.5) is 0 Å². The summed E-state index contributed by atoms with van der Waals surface area (Å²) in [7, 11) is -3.23. The molecular weight excluding hydrogens is 380 g/mol. The summed E-state index contributed by atoms with van der Waals surface area (Å²) in [6.45, 7) is 1.01. The zero-order chi connectivity index (χ0) is 19.7. The van der Waals surface area contributed by atoms with E-state index in [9.17, 15) is 13.5 Å². The van der Waals surface area contributed by atoms with Crippen LogP contribution < -0.4 is 0 Å². The van der Waals surface area contributed by atoms with Gasteiger partial charge in [0.1, 0.15) is 5.69 Å². The summed E-state index contributed by atoms with van der Waals surface area (Å²) >= 11 is 0. The van der Waals surface area contributed by atoms with Crippen molar-refractivity contribution in [3.8, 4) is 11.5 Å². The Kier molecular flexibility index (Phi) is 4.96. The molecule has 2 atom stereocenters. The van der Waals surface area contributed by atoms with Crippen molar-refractivity contribution in [2.24, 2.45) is 0 Å². The molecule has 1 fully saturated rings. The van der Waals surface area contributed by atoms with E-state index in [0.717, 1.165) is 5.56 Å². The summed E-state index contributed by atoms with van der Waals surface area (Å²) in [4.78, 5) is 11.0. The lowest BCUT2D eigenvalue weighted by Crippen LogP contribution is -2.24. The van der Waals surface area contributed by atoms with Crippen molar-refractivity contribution in [2.45, 2.75) is 30.0 Å². The van der Waals surface area contributed by atoms with E-state index in [2.05, 4.69) is 20.0 Å². The summed E-state index contributed by atoms with van der Waals surface area (Å²) in [6.07, 6.45) is 2.84. The van der Waals surface area contributed by atoms with Gasteiger partial charge in [0, 0.05) is 25.5 Å². The summed E-state index contributed by atoms with van der Waals surface area (Å²) in [5.74, 6) is 0.847. The number of hydrogen-bond donors (Lipinski definition) is 1. The maximum Gasteiger partial charge on any atom is 0.244 e. The van der Waals surface area contributed by atoms with Crippen molar-refractivity contribution in [3.63, 3.8) is 0 Å². The van der Waals surface area contributed by atoms with Gasteiger partial charge in [-0.1, -0.05) is 23.4 Å². The molecule has 8 nitrogen and oxygen atoms in total. The van der Waals surface area contributed by atoms with Crippen LogP contribution in [0.3, 0.4) is 0 Å². The second-order valence-corrected chi connectivity index (χ2v) is 8.94. The number of β-amino-alcohol motifs (C(OH)–C–C–N with tert-alkyl or cyclic N) is 1. The first-order valence-electron chi connectivity index (χ1n) is 8.86. The molecular formula is C19H20N4O4S. The van der Waals surface area contributed by atoms with Crippen LogP contribution in [-0.2, 0) is 16.4 Å². The quantitative estimate of drug-likeness (QED) is 0.691. The number of aliphatic hydroxyl groups is 1. The Hall–Kier alpha value is -2.62. The van der Waals surface area contributed by atoms with Gasteiger partial charge in [-0.25, -0.2) is 8.42 Å². The SMILES string of the molecule is CS(=O)(=O)c1ccc(CN2CC(O)CC2c2nc(-c3ccccn3)no2)cc1. The van der Waals surface area contributed by atoms with Crippen molar-refractivity contribution in [1.82, 2.24) is 20.0 Å². The summed E-state index contributed by atoms with van der Waals surface area (Å²) in [5, 5.41) is 14.2. The number of pyridine rings is 1. The molecule has 0 bridgehead atoms. The Morgan fingerprint density at radius 3 is 2.68 bits per heavy atom. The van der Waals surface area contributed by atoms with E-state index in [0.29, 0.717) is 36.9 Å². The molecule has 1 N–H and O–H groups in total. The van der Waals surface area contributed by atoms with E-state index in [1.807, 2.05) is 12.1 Å². The van der Waals surface area contributed by atoms with Crippen LogP contribution in [0, 0.1) is 0 Å². The van der Waals surface area contributed by atoms with Gasteiger partial charge < -0.3 is 9.63 Å². The van der Waals surface area contributed by atoms with Gasteiger partial charge in [0.2, 0.25) is 11.7 Å². The van der Waals surface area contributed by atoms with Crippen molar-refractivity contribution >= 4 is 9.84 Å². The first kappa shape index (κ1) is 18.7. The van der Waals surface area contributed by atoms with Crippen LogP contribution in [-0.4, -0.2) is 52.5 Å². The highest BCUT2D eigenvalue weighted by atomic mass is 32.2. The third kappa shape index (κ3) is 3.96. The van der Waals surface area contributed by atoms with Crippen LogP contribution in [0.1, 0.15) is 23.9 Å². The smallest absolute Gasteiger partial charge is 0.244 e. The van der Waals surface area contributed by atoms with Gasteiger partial charge in [0.05, 0.1) is 17.0 Å².